The normalized spacial score (nSPS) is 17.2. The first-order valence-electron chi connectivity index (χ1n) is 9.88. The summed E-state index contributed by atoms with van der Waals surface area (Å²) in [5.41, 5.74) is 1.94. The Morgan fingerprint density at radius 3 is 2.79 bits per heavy atom. The number of carbonyl (C=O) groups excluding carboxylic acids is 1. The van der Waals surface area contributed by atoms with Crippen molar-refractivity contribution < 1.29 is 4.79 Å². The molecular weight excluding hydrogens is 352 g/mol. The molecule has 3 aromatic rings. The summed E-state index contributed by atoms with van der Waals surface area (Å²) in [7, 11) is 0. The summed E-state index contributed by atoms with van der Waals surface area (Å²) in [4.78, 5) is 28.4. The van der Waals surface area contributed by atoms with Crippen LogP contribution in [0.15, 0.2) is 42.7 Å². The molecule has 1 fully saturated rings. The molecule has 1 amide bonds. The predicted molar refractivity (Wildman–Crippen MR) is 109 cm³/mol. The summed E-state index contributed by atoms with van der Waals surface area (Å²) in [6, 6.07) is 9.90. The van der Waals surface area contributed by atoms with Gasteiger partial charge in [0.05, 0.1) is 11.0 Å². The minimum Gasteiger partial charge on any atom is -0.350 e. The van der Waals surface area contributed by atoms with E-state index in [1.54, 1.807) is 12.4 Å². The largest absolute Gasteiger partial charge is 0.350 e. The van der Waals surface area contributed by atoms with E-state index < -0.39 is 0 Å². The van der Waals surface area contributed by atoms with Crippen molar-refractivity contribution in [3.05, 3.63) is 48.5 Å². The third-order valence-corrected chi connectivity index (χ3v) is 5.12. The summed E-state index contributed by atoms with van der Waals surface area (Å²) >= 11 is 0. The zero-order chi connectivity index (χ0) is 19.5. The van der Waals surface area contributed by atoms with Crippen molar-refractivity contribution in [2.24, 2.45) is 0 Å². The molecule has 4 rings (SSSR count). The van der Waals surface area contributed by atoms with Crippen LogP contribution in [0.25, 0.3) is 11.0 Å². The number of fused-ring (bicyclic) bond motifs is 1. The maximum absolute atomic E-state index is 12.8. The smallest absolute Gasteiger partial charge is 0.240 e. The van der Waals surface area contributed by atoms with Crippen molar-refractivity contribution in [1.29, 1.82) is 0 Å². The molecule has 0 spiro atoms. The Morgan fingerprint density at radius 2 is 2.00 bits per heavy atom. The van der Waals surface area contributed by atoms with Crippen molar-refractivity contribution >= 4 is 22.9 Å². The molecule has 1 saturated heterocycles. The minimum atomic E-state index is 0.0193. The van der Waals surface area contributed by atoms with Crippen LogP contribution < -0.4 is 10.2 Å². The third kappa shape index (κ3) is 3.83. The van der Waals surface area contributed by atoms with Crippen LogP contribution >= 0.6 is 0 Å². The Kier molecular flexibility index (Phi) is 5.23. The maximum Gasteiger partial charge on any atom is 0.240 e. The lowest BCUT2D eigenvalue weighted by molar-refractivity contribution is -0.122. The lowest BCUT2D eigenvalue weighted by Crippen LogP contribution is -2.49. The van der Waals surface area contributed by atoms with Gasteiger partial charge in [-0.25, -0.2) is 15.0 Å². The van der Waals surface area contributed by atoms with Crippen LogP contribution in [0.1, 0.15) is 38.4 Å². The lowest BCUT2D eigenvalue weighted by atomic mass is 10.1. The predicted octanol–water partition coefficient (Wildman–Crippen LogP) is 2.73. The summed E-state index contributed by atoms with van der Waals surface area (Å²) in [6.45, 7) is 6.15. The van der Waals surface area contributed by atoms with E-state index in [0.29, 0.717) is 0 Å². The molecule has 1 N–H and O–H groups in total. The Bertz CT molecular complexity index is 952. The first-order valence-corrected chi connectivity index (χ1v) is 9.88. The van der Waals surface area contributed by atoms with E-state index in [1.807, 2.05) is 34.9 Å². The number of imidazole rings is 1. The molecule has 1 aromatic carbocycles. The highest BCUT2D eigenvalue weighted by Gasteiger charge is 2.24. The standard InChI is InChI=1S/C21H26N6O/c1-15(2)20-25-17-8-3-4-9-18(17)27(20)14-19(28)24-16-7-5-12-26(13-16)21-22-10-6-11-23-21/h3-4,6,8-11,15-16H,5,7,12-14H2,1-2H3,(H,24,28). The van der Waals surface area contributed by atoms with Crippen molar-refractivity contribution in [3.8, 4) is 0 Å². The van der Waals surface area contributed by atoms with Crippen LogP contribution in [0.3, 0.4) is 0 Å². The Morgan fingerprint density at radius 1 is 1.21 bits per heavy atom. The number of piperidine rings is 1. The molecule has 146 valence electrons. The van der Waals surface area contributed by atoms with Crippen LogP contribution in [0.2, 0.25) is 0 Å². The quantitative estimate of drug-likeness (QED) is 0.739. The molecular formula is C21H26N6O. The molecule has 0 saturated carbocycles. The summed E-state index contributed by atoms with van der Waals surface area (Å²) in [6.07, 6.45) is 5.48. The second-order valence-corrected chi connectivity index (χ2v) is 7.60. The number of amides is 1. The first kappa shape index (κ1) is 18.4. The van der Waals surface area contributed by atoms with Crippen LogP contribution in [-0.4, -0.2) is 44.6 Å². The number of anilines is 1. The summed E-state index contributed by atoms with van der Waals surface area (Å²) in [5, 5.41) is 3.20. The fourth-order valence-corrected chi connectivity index (χ4v) is 3.85. The molecule has 2 aromatic heterocycles. The van der Waals surface area contributed by atoms with Gasteiger partial charge in [-0.05, 0) is 31.0 Å². The van der Waals surface area contributed by atoms with Gasteiger partial charge in [-0.1, -0.05) is 26.0 Å². The van der Waals surface area contributed by atoms with Crippen molar-refractivity contribution in [3.63, 3.8) is 0 Å². The number of carbonyl (C=O) groups is 1. The van der Waals surface area contributed by atoms with E-state index in [0.717, 1.165) is 48.7 Å². The molecule has 3 heterocycles. The van der Waals surface area contributed by atoms with Crippen LogP contribution in [-0.2, 0) is 11.3 Å². The average molecular weight is 378 g/mol. The van der Waals surface area contributed by atoms with E-state index in [4.69, 9.17) is 4.98 Å². The van der Waals surface area contributed by atoms with E-state index >= 15 is 0 Å². The topological polar surface area (TPSA) is 75.9 Å². The second-order valence-electron chi connectivity index (χ2n) is 7.60. The molecule has 0 aliphatic carbocycles. The highest BCUT2D eigenvalue weighted by atomic mass is 16.2. The van der Waals surface area contributed by atoms with Crippen LogP contribution in [0, 0.1) is 0 Å². The highest BCUT2D eigenvalue weighted by molar-refractivity contribution is 5.81. The second kappa shape index (κ2) is 7.96. The number of nitrogens with zero attached hydrogens (tertiary/aromatic N) is 5. The number of hydrogen-bond acceptors (Lipinski definition) is 5. The number of hydrogen-bond donors (Lipinski definition) is 1. The minimum absolute atomic E-state index is 0.0193. The van der Waals surface area contributed by atoms with Gasteiger partial charge in [0.25, 0.3) is 0 Å². The number of benzene rings is 1. The average Bonchev–Trinajstić information content (AvgIpc) is 3.08. The SMILES string of the molecule is CC(C)c1nc2ccccc2n1CC(=O)NC1CCCN(c2ncccn2)C1. The number of rotatable bonds is 5. The monoisotopic (exact) mass is 378 g/mol. The van der Waals surface area contributed by atoms with Gasteiger partial charge in [-0.15, -0.1) is 0 Å². The molecule has 28 heavy (non-hydrogen) atoms. The van der Waals surface area contributed by atoms with Gasteiger partial charge in [0.1, 0.15) is 12.4 Å². The Hall–Kier alpha value is -2.96. The van der Waals surface area contributed by atoms with Crippen molar-refractivity contribution in [2.75, 3.05) is 18.0 Å². The fraction of sp³-hybridized carbons (Fsp3) is 0.429. The molecule has 0 bridgehead atoms. The van der Waals surface area contributed by atoms with Gasteiger partial charge in [-0.3, -0.25) is 4.79 Å². The third-order valence-electron chi connectivity index (χ3n) is 5.12. The molecule has 1 aliphatic heterocycles. The molecule has 7 heteroatoms. The molecule has 0 radical (unpaired) electrons. The molecule has 1 aliphatic rings. The maximum atomic E-state index is 12.8. The first-order chi connectivity index (χ1) is 13.6. The number of aromatic nitrogens is 4. The number of nitrogens with one attached hydrogen (secondary N) is 1. The van der Waals surface area contributed by atoms with Crippen LogP contribution in [0.4, 0.5) is 5.95 Å². The van der Waals surface area contributed by atoms with Gasteiger partial charge in [0.2, 0.25) is 11.9 Å². The van der Waals surface area contributed by atoms with Crippen LogP contribution in [0.5, 0.6) is 0 Å². The molecule has 1 unspecified atom stereocenters. The Balaban J connectivity index is 1.46. The summed E-state index contributed by atoms with van der Waals surface area (Å²) in [5.74, 6) is 1.94. The zero-order valence-electron chi connectivity index (χ0n) is 16.4. The highest BCUT2D eigenvalue weighted by Crippen LogP contribution is 2.22. The van der Waals surface area contributed by atoms with Gasteiger partial charge in [0.15, 0.2) is 0 Å². The number of para-hydroxylation sites is 2. The fourth-order valence-electron chi connectivity index (χ4n) is 3.85. The van der Waals surface area contributed by atoms with Crippen molar-refractivity contribution in [1.82, 2.24) is 24.8 Å². The molecule has 1 atom stereocenters. The van der Waals surface area contributed by atoms with E-state index in [1.165, 1.54) is 0 Å². The van der Waals surface area contributed by atoms with E-state index in [9.17, 15) is 4.79 Å². The van der Waals surface area contributed by atoms with Gasteiger partial charge in [0, 0.05) is 37.4 Å². The zero-order valence-corrected chi connectivity index (χ0v) is 16.4. The van der Waals surface area contributed by atoms with Crippen molar-refractivity contribution in [2.45, 2.75) is 45.2 Å². The lowest BCUT2D eigenvalue weighted by Gasteiger charge is -2.33. The van der Waals surface area contributed by atoms with Gasteiger partial charge < -0.3 is 14.8 Å². The van der Waals surface area contributed by atoms with E-state index in [2.05, 4.69) is 34.0 Å². The van der Waals surface area contributed by atoms with Gasteiger partial charge >= 0.3 is 0 Å². The van der Waals surface area contributed by atoms with Gasteiger partial charge in [-0.2, -0.15) is 0 Å². The Labute approximate surface area is 164 Å². The molecule has 7 nitrogen and oxygen atoms in total. The summed E-state index contributed by atoms with van der Waals surface area (Å²) < 4.78 is 2.04. The van der Waals surface area contributed by atoms with E-state index in [-0.39, 0.29) is 24.4 Å².